The Morgan fingerprint density at radius 1 is 1.22 bits per heavy atom. The molecule has 0 radical (unpaired) electrons. The van der Waals surface area contributed by atoms with Crippen molar-refractivity contribution < 1.29 is 4.39 Å². The third kappa shape index (κ3) is 3.77. The van der Waals surface area contributed by atoms with Gasteiger partial charge in [0, 0.05) is 40.6 Å². The maximum atomic E-state index is 13.7. The molecule has 0 aliphatic rings. The molecule has 3 rings (SSSR count). The molecule has 1 atom stereocenters. The monoisotopic (exact) mass is 329 g/mol. The fourth-order valence-corrected chi connectivity index (χ4v) is 3.17. The standard InChI is InChI=1S/C18H17ClFN3/c1-18(10-16-11-21-12-23-16,17-4-2-3-5-22-17)9-13-6-14(19)8-15(20)7-13/h2-8,11-12H,9-10H2,1H3,(H,21,23). The number of nitrogens with zero attached hydrogens (tertiary/aromatic N) is 2. The Labute approximate surface area is 139 Å². The van der Waals surface area contributed by atoms with Crippen molar-refractivity contribution in [3.8, 4) is 0 Å². The van der Waals surface area contributed by atoms with E-state index in [0.717, 1.165) is 23.4 Å². The summed E-state index contributed by atoms with van der Waals surface area (Å²) in [5.74, 6) is -0.322. The first-order chi connectivity index (χ1) is 11.0. The number of H-pyrrole nitrogens is 1. The van der Waals surface area contributed by atoms with Crippen LogP contribution in [0.1, 0.15) is 23.9 Å². The molecule has 3 aromatic rings. The van der Waals surface area contributed by atoms with Crippen molar-refractivity contribution in [1.29, 1.82) is 0 Å². The lowest BCUT2D eigenvalue weighted by Crippen LogP contribution is -2.29. The highest BCUT2D eigenvalue weighted by Crippen LogP contribution is 2.31. The Bertz CT molecular complexity index is 754. The molecule has 0 spiro atoms. The Hall–Kier alpha value is -2.20. The predicted octanol–water partition coefficient (Wildman–Crippen LogP) is 4.34. The topological polar surface area (TPSA) is 41.6 Å². The van der Waals surface area contributed by atoms with E-state index in [2.05, 4.69) is 21.9 Å². The van der Waals surface area contributed by atoms with Crippen LogP contribution in [0.2, 0.25) is 5.02 Å². The first kappa shape index (κ1) is 15.7. The van der Waals surface area contributed by atoms with Crippen molar-refractivity contribution in [3.05, 3.63) is 82.9 Å². The number of imidazole rings is 1. The second-order valence-electron chi connectivity index (χ2n) is 5.98. The fraction of sp³-hybridized carbons (Fsp3) is 0.222. The van der Waals surface area contributed by atoms with E-state index in [1.165, 1.54) is 12.1 Å². The first-order valence-corrected chi connectivity index (χ1v) is 7.77. The Morgan fingerprint density at radius 2 is 2.09 bits per heavy atom. The van der Waals surface area contributed by atoms with Gasteiger partial charge in [0.15, 0.2) is 0 Å². The van der Waals surface area contributed by atoms with Gasteiger partial charge in [-0.3, -0.25) is 4.98 Å². The largest absolute Gasteiger partial charge is 0.348 e. The summed E-state index contributed by atoms with van der Waals surface area (Å²) >= 11 is 6.00. The summed E-state index contributed by atoms with van der Waals surface area (Å²) in [5.41, 5.74) is 2.52. The molecule has 3 nitrogen and oxygen atoms in total. The van der Waals surface area contributed by atoms with Gasteiger partial charge in [-0.15, -0.1) is 0 Å². The van der Waals surface area contributed by atoms with Gasteiger partial charge in [-0.1, -0.05) is 24.6 Å². The van der Waals surface area contributed by atoms with E-state index >= 15 is 0 Å². The van der Waals surface area contributed by atoms with Crippen LogP contribution in [-0.2, 0) is 18.3 Å². The van der Waals surface area contributed by atoms with Crippen molar-refractivity contribution in [1.82, 2.24) is 15.0 Å². The number of pyridine rings is 1. The Kier molecular flexibility index (Phi) is 4.44. The van der Waals surface area contributed by atoms with Crippen LogP contribution >= 0.6 is 11.6 Å². The van der Waals surface area contributed by atoms with Crippen LogP contribution in [-0.4, -0.2) is 15.0 Å². The van der Waals surface area contributed by atoms with Crippen molar-refractivity contribution in [2.24, 2.45) is 0 Å². The zero-order valence-corrected chi connectivity index (χ0v) is 13.5. The lowest BCUT2D eigenvalue weighted by Gasteiger charge is -2.29. The average Bonchev–Trinajstić information content (AvgIpc) is 2.99. The normalized spacial score (nSPS) is 13.7. The molecular formula is C18H17ClFN3. The summed E-state index contributed by atoms with van der Waals surface area (Å²) in [6.07, 6.45) is 6.59. The summed E-state index contributed by atoms with van der Waals surface area (Å²) in [5, 5.41) is 0.407. The SMILES string of the molecule is CC(Cc1cc(F)cc(Cl)c1)(Cc1cnc[nH]1)c1ccccn1. The molecule has 0 amide bonds. The molecule has 2 heterocycles. The van der Waals surface area contributed by atoms with Crippen molar-refractivity contribution in [2.75, 3.05) is 0 Å². The second-order valence-corrected chi connectivity index (χ2v) is 6.42. The molecule has 5 heteroatoms. The highest BCUT2D eigenvalue weighted by molar-refractivity contribution is 6.30. The van der Waals surface area contributed by atoms with E-state index in [9.17, 15) is 4.39 Å². The Morgan fingerprint density at radius 3 is 2.74 bits per heavy atom. The molecule has 0 bridgehead atoms. The number of benzene rings is 1. The minimum atomic E-state index is -0.322. The molecule has 0 saturated heterocycles. The predicted molar refractivity (Wildman–Crippen MR) is 89.0 cm³/mol. The zero-order valence-electron chi connectivity index (χ0n) is 12.8. The first-order valence-electron chi connectivity index (χ1n) is 7.39. The van der Waals surface area contributed by atoms with Crippen LogP contribution in [0.5, 0.6) is 0 Å². The molecule has 23 heavy (non-hydrogen) atoms. The van der Waals surface area contributed by atoms with E-state index < -0.39 is 0 Å². The molecule has 1 aromatic carbocycles. The van der Waals surface area contributed by atoms with E-state index in [1.807, 2.05) is 18.2 Å². The molecule has 0 fully saturated rings. The molecule has 118 valence electrons. The van der Waals surface area contributed by atoms with Gasteiger partial charge < -0.3 is 4.98 Å². The Balaban J connectivity index is 1.97. The van der Waals surface area contributed by atoms with E-state index in [-0.39, 0.29) is 11.2 Å². The quantitative estimate of drug-likeness (QED) is 0.756. The molecular weight excluding hydrogens is 313 g/mol. The van der Waals surface area contributed by atoms with Gasteiger partial charge in [-0.25, -0.2) is 9.37 Å². The van der Waals surface area contributed by atoms with E-state index in [4.69, 9.17) is 11.6 Å². The van der Waals surface area contributed by atoms with Crippen molar-refractivity contribution in [3.63, 3.8) is 0 Å². The molecule has 0 aliphatic carbocycles. The van der Waals surface area contributed by atoms with Crippen LogP contribution in [0, 0.1) is 5.82 Å². The van der Waals surface area contributed by atoms with E-state index in [1.54, 1.807) is 24.8 Å². The number of halogens is 2. The van der Waals surface area contributed by atoms with Gasteiger partial charge in [-0.2, -0.15) is 0 Å². The summed E-state index contributed by atoms with van der Waals surface area (Å²) in [7, 11) is 0. The molecule has 0 aliphatic heterocycles. The number of aromatic nitrogens is 3. The van der Waals surface area contributed by atoms with Gasteiger partial charge in [0.1, 0.15) is 5.82 Å². The molecule has 1 unspecified atom stereocenters. The molecule has 1 N–H and O–H groups in total. The van der Waals surface area contributed by atoms with Crippen LogP contribution in [0.25, 0.3) is 0 Å². The zero-order chi connectivity index (χ0) is 16.3. The van der Waals surface area contributed by atoms with E-state index in [0.29, 0.717) is 11.4 Å². The smallest absolute Gasteiger partial charge is 0.124 e. The number of rotatable bonds is 5. The third-order valence-electron chi connectivity index (χ3n) is 3.94. The van der Waals surface area contributed by atoms with Crippen LogP contribution < -0.4 is 0 Å². The highest BCUT2D eigenvalue weighted by atomic mass is 35.5. The van der Waals surface area contributed by atoms with Crippen LogP contribution in [0.3, 0.4) is 0 Å². The number of nitrogens with one attached hydrogen (secondary N) is 1. The lowest BCUT2D eigenvalue weighted by atomic mass is 9.76. The minimum Gasteiger partial charge on any atom is -0.348 e. The summed E-state index contributed by atoms with van der Waals surface area (Å²) in [4.78, 5) is 11.7. The average molecular weight is 330 g/mol. The summed E-state index contributed by atoms with van der Waals surface area (Å²) in [6, 6.07) is 10.5. The fourth-order valence-electron chi connectivity index (χ4n) is 2.93. The maximum absolute atomic E-state index is 13.7. The molecule has 2 aromatic heterocycles. The lowest BCUT2D eigenvalue weighted by molar-refractivity contribution is 0.446. The second kappa shape index (κ2) is 6.50. The number of hydrogen-bond donors (Lipinski definition) is 1. The summed E-state index contributed by atoms with van der Waals surface area (Å²) < 4.78 is 13.7. The molecule has 0 saturated carbocycles. The van der Waals surface area contributed by atoms with Crippen LogP contribution in [0.15, 0.2) is 55.1 Å². The van der Waals surface area contributed by atoms with Gasteiger partial charge in [-0.05, 0) is 42.3 Å². The van der Waals surface area contributed by atoms with Crippen molar-refractivity contribution in [2.45, 2.75) is 25.2 Å². The minimum absolute atomic E-state index is 0.301. The van der Waals surface area contributed by atoms with Crippen LogP contribution in [0.4, 0.5) is 4.39 Å². The van der Waals surface area contributed by atoms with Gasteiger partial charge >= 0.3 is 0 Å². The van der Waals surface area contributed by atoms with Gasteiger partial charge in [0.25, 0.3) is 0 Å². The number of aromatic amines is 1. The van der Waals surface area contributed by atoms with Gasteiger partial charge in [0.05, 0.1) is 6.33 Å². The number of hydrogen-bond acceptors (Lipinski definition) is 2. The highest BCUT2D eigenvalue weighted by Gasteiger charge is 2.29. The maximum Gasteiger partial charge on any atom is 0.124 e. The van der Waals surface area contributed by atoms with Crippen molar-refractivity contribution >= 4 is 11.6 Å². The summed E-state index contributed by atoms with van der Waals surface area (Å²) in [6.45, 7) is 2.12. The van der Waals surface area contributed by atoms with Gasteiger partial charge in [0.2, 0.25) is 0 Å². The third-order valence-corrected chi connectivity index (χ3v) is 4.15.